The van der Waals surface area contributed by atoms with E-state index < -0.39 is 0 Å². The number of nitrogens with zero attached hydrogens (tertiary/aromatic N) is 1. The summed E-state index contributed by atoms with van der Waals surface area (Å²) in [4.78, 5) is 29.9. The van der Waals surface area contributed by atoms with Gasteiger partial charge in [0.05, 0.1) is 24.5 Å². The summed E-state index contributed by atoms with van der Waals surface area (Å²) in [5, 5.41) is 9.12. The first-order chi connectivity index (χ1) is 12.4. The average molecular weight is 376 g/mol. The summed E-state index contributed by atoms with van der Waals surface area (Å²) >= 11 is 1.58. The van der Waals surface area contributed by atoms with Gasteiger partial charge in [-0.3, -0.25) is 4.79 Å². The molecule has 7 nitrogen and oxygen atoms in total. The van der Waals surface area contributed by atoms with Gasteiger partial charge in [-0.2, -0.15) is 0 Å². The number of carbonyl (C=O) groups is 2. The molecule has 1 aromatic carbocycles. The molecule has 0 aliphatic carbocycles. The molecule has 3 N–H and O–H groups in total. The highest BCUT2D eigenvalue weighted by atomic mass is 32.1. The number of benzene rings is 1. The van der Waals surface area contributed by atoms with Crippen LogP contribution in [-0.2, 0) is 0 Å². The molecule has 1 heterocycles. The maximum absolute atomic E-state index is 12.5. The minimum Gasteiger partial charge on any atom is -0.495 e. The van der Waals surface area contributed by atoms with Gasteiger partial charge in [-0.25, -0.2) is 9.78 Å². The van der Waals surface area contributed by atoms with Crippen LogP contribution in [0.15, 0.2) is 18.2 Å². The SMILES string of the molecule is CC[C@H](NC(=O)Nc1cc(C(=O)NC)ccc1OC)c1nc(C)c(C)s1. The van der Waals surface area contributed by atoms with Crippen molar-refractivity contribution in [2.75, 3.05) is 19.5 Å². The van der Waals surface area contributed by atoms with E-state index in [0.29, 0.717) is 17.0 Å². The summed E-state index contributed by atoms with van der Waals surface area (Å²) in [6.45, 7) is 5.96. The lowest BCUT2D eigenvalue weighted by Gasteiger charge is -2.17. The Morgan fingerprint density at radius 3 is 2.58 bits per heavy atom. The van der Waals surface area contributed by atoms with E-state index in [0.717, 1.165) is 22.0 Å². The molecule has 2 rings (SSSR count). The Hall–Kier alpha value is -2.61. The van der Waals surface area contributed by atoms with Gasteiger partial charge in [0.15, 0.2) is 0 Å². The largest absolute Gasteiger partial charge is 0.495 e. The zero-order chi connectivity index (χ0) is 19.3. The minimum absolute atomic E-state index is 0.180. The van der Waals surface area contributed by atoms with Gasteiger partial charge in [0.1, 0.15) is 10.8 Å². The molecule has 26 heavy (non-hydrogen) atoms. The fourth-order valence-corrected chi connectivity index (χ4v) is 3.45. The first kappa shape index (κ1) is 19.7. The molecule has 0 aliphatic heterocycles. The second-order valence-electron chi connectivity index (χ2n) is 5.75. The van der Waals surface area contributed by atoms with Crippen LogP contribution in [0.1, 0.15) is 45.3 Å². The van der Waals surface area contributed by atoms with Crippen molar-refractivity contribution >= 4 is 29.0 Å². The number of carbonyl (C=O) groups excluding carboxylic acids is 2. The van der Waals surface area contributed by atoms with E-state index in [9.17, 15) is 9.59 Å². The number of aryl methyl sites for hydroxylation is 2. The molecular weight excluding hydrogens is 352 g/mol. The summed E-state index contributed by atoms with van der Waals surface area (Å²) in [6.07, 6.45) is 0.717. The molecule has 8 heteroatoms. The third kappa shape index (κ3) is 4.51. The number of hydrogen-bond acceptors (Lipinski definition) is 5. The molecule has 0 radical (unpaired) electrons. The Morgan fingerprint density at radius 1 is 1.31 bits per heavy atom. The summed E-state index contributed by atoms with van der Waals surface area (Å²) in [5.41, 5.74) is 1.83. The highest BCUT2D eigenvalue weighted by Crippen LogP contribution is 2.27. The molecule has 0 saturated heterocycles. The third-order valence-electron chi connectivity index (χ3n) is 3.99. The van der Waals surface area contributed by atoms with Crippen LogP contribution in [0.25, 0.3) is 0 Å². The van der Waals surface area contributed by atoms with Crippen molar-refractivity contribution in [3.05, 3.63) is 39.3 Å². The highest BCUT2D eigenvalue weighted by Gasteiger charge is 2.18. The maximum Gasteiger partial charge on any atom is 0.319 e. The number of anilines is 1. The Bertz CT molecular complexity index is 784. The summed E-state index contributed by atoms with van der Waals surface area (Å²) in [6, 6.07) is 4.30. The zero-order valence-corrected chi connectivity index (χ0v) is 16.4. The smallest absolute Gasteiger partial charge is 0.319 e. The topological polar surface area (TPSA) is 92.4 Å². The number of amides is 3. The van der Waals surface area contributed by atoms with E-state index in [1.807, 2.05) is 20.8 Å². The minimum atomic E-state index is -0.380. The van der Waals surface area contributed by atoms with Crippen molar-refractivity contribution in [1.82, 2.24) is 15.6 Å². The van der Waals surface area contributed by atoms with Crippen molar-refractivity contribution in [1.29, 1.82) is 0 Å². The molecule has 1 atom stereocenters. The molecule has 0 fully saturated rings. The first-order valence-corrected chi connectivity index (χ1v) is 9.12. The van der Waals surface area contributed by atoms with Crippen molar-refractivity contribution in [3.63, 3.8) is 0 Å². The fourth-order valence-electron chi connectivity index (χ4n) is 2.39. The lowest BCUT2D eigenvalue weighted by Crippen LogP contribution is -2.32. The average Bonchev–Trinajstić information content (AvgIpc) is 2.97. The van der Waals surface area contributed by atoms with Gasteiger partial charge < -0.3 is 20.7 Å². The quantitative estimate of drug-likeness (QED) is 0.720. The third-order valence-corrected chi connectivity index (χ3v) is 5.18. The summed E-state index contributed by atoms with van der Waals surface area (Å²) in [5.74, 6) is 0.234. The van der Waals surface area contributed by atoms with Crippen LogP contribution >= 0.6 is 11.3 Å². The van der Waals surface area contributed by atoms with Gasteiger partial charge in [0, 0.05) is 17.5 Å². The Labute approximate surface area is 157 Å². The fraction of sp³-hybridized carbons (Fsp3) is 0.389. The number of urea groups is 1. The number of aromatic nitrogens is 1. The van der Waals surface area contributed by atoms with E-state index >= 15 is 0 Å². The molecule has 1 aromatic heterocycles. The Kier molecular flexibility index (Phi) is 6.57. The lowest BCUT2D eigenvalue weighted by atomic mass is 10.1. The standard InChI is InChI=1S/C18H24N4O3S/c1-6-13(17-20-10(2)11(3)26-17)21-18(24)22-14-9-12(16(23)19-4)7-8-15(14)25-5/h7-9,13H,6H2,1-5H3,(H,19,23)(H2,21,22,24)/t13-/m0/s1. The second-order valence-corrected chi connectivity index (χ2v) is 6.98. The van der Waals surface area contributed by atoms with E-state index in [2.05, 4.69) is 20.9 Å². The molecule has 0 aliphatic rings. The van der Waals surface area contributed by atoms with Crippen LogP contribution in [0.2, 0.25) is 0 Å². The predicted molar refractivity (Wildman–Crippen MR) is 103 cm³/mol. The first-order valence-electron chi connectivity index (χ1n) is 8.31. The Balaban J connectivity index is 2.16. The van der Waals surface area contributed by atoms with E-state index in [-0.39, 0.29) is 18.0 Å². The summed E-state index contributed by atoms with van der Waals surface area (Å²) < 4.78 is 5.27. The van der Waals surface area contributed by atoms with Crippen molar-refractivity contribution < 1.29 is 14.3 Å². The lowest BCUT2D eigenvalue weighted by molar-refractivity contribution is 0.0963. The molecular formula is C18H24N4O3S. The molecule has 0 spiro atoms. The van der Waals surface area contributed by atoms with Crippen LogP contribution < -0.4 is 20.7 Å². The van der Waals surface area contributed by atoms with E-state index in [1.165, 1.54) is 7.11 Å². The van der Waals surface area contributed by atoms with Gasteiger partial charge in [-0.05, 0) is 38.5 Å². The Morgan fingerprint density at radius 2 is 2.04 bits per heavy atom. The number of nitrogens with one attached hydrogen (secondary N) is 3. The number of rotatable bonds is 6. The van der Waals surface area contributed by atoms with Crippen LogP contribution in [0.4, 0.5) is 10.5 Å². The van der Waals surface area contributed by atoms with Crippen LogP contribution in [-0.4, -0.2) is 31.1 Å². The zero-order valence-electron chi connectivity index (χ0n) is 15.6. The normalized spacial score (nSPS) is 11.6. The number of hydrogen-bond donors (Lipinski definition) is 3. The van der Waals surface area contributed by atoms with Gasteiger partial charge in [0.25, 0.3) is 5.91 Å². The van der Waals surface area contributed by atoms with Crippen molar-refractivity contribution in [2.24, 2.45) is 0 Å². The van der Waals surface area contributed by atoms with Crippen LogP contribution in [0.5, 0.6) is 5.75 Å². The molecule has 2 aromatic rings. The monoisotopic (exact) mass is 376 g/mol. The number of thiazole rings is 1. The predicted octanol–water partition coefficient (Wildman–Crippen LogP) is 3.40. The molecule has 0 bridgehead atoms. The maximum atomic E-state index is 12.5. The van der Waals surface area contributed by atoms with Crippen molar-refractivity contribution in [3.8, 4) is 5.75 Å². The van der Waals surface area contributed by atoms with Gasteiger partial charge in [-0.1, -0.05) is 6.92 Å². The van der Waals surface area contributed by atoms with E-state index in [1.54, 1.807) is 36.6 Å². The van der Waals surface area contributed by atoms with E-state index in [4.69, 9.17) is 4.74 Å². The molecule has 140 valence electrons. The number of ether oxygens (including phenoxy) is 1. The van der Waals surface area contributed by atoms with Crippen LogP contribution in [0, 0.1) is 13.8 Å². The second kappa shape index (κ2) is 8.66. The molecule has 3 amide bonds. The van der Waals surface area contributed by atoms with Gasteiger partial charge >= 0.3 is 6.03 Å². The van der Waals surface area contributed by atoms with Crippen molar-refractivity contribution in [2.45, 2.75) is 33.2 Å². The highest BCUT2D eigenvalue weighted by molar-refractivity contribution is 7.11. The molecule has 0 unspecified atom stereocenters. The number of methoxy groups -OCH3 is 1. The summed E-state index contributed by atoms with van der Waals surface area (Å²) in [7, 11) is 3.06. The molecule has 0 saturated carbocycles. The van der Waals surface area contributed by atoms with Gasteiger partial charge in [0.2, 0.25) is 0 Å². The van der Waals surface area contributed by atoms with Gasteiger partial charge in [-0.15, -0.1) is 11.3 Å². The van der Waals surface area contributed by atoms with Crippen LogP contribution in [0.3, 0.4) is 0 Å².